The highest BCUT2D eigenvalue weighted by atomic mass is 32.1. The first-order valence-corrected chi connectivity index (χ1v) is 13.8. The van der Waals surface area contributed by atoms with Gasteiger partial charge in [0.05, 0.1) is 25.5 Å². The lowest BCUT2D eigenvalue weighted by Gasteiger charge is -2.28. The second-order valence-electron chi connectivity index (χ2n) is 8.86. The summed E-state index contributed by atoms with van der Waals surface area (Å²) in [5, 5.41) is 19.7. The van der Waals surface area contributed by atoms with Crippen molar-refractivity contribution in [3.63, 3.8) is 0 Å². The monoisotopic (exact) mass is 565 g/mol. The molecule has 15 heteroatoms. The maximum Gasteiger partial charge on any atom is 0.350 e. The Labute approximate surface area is 235 Å². The van der Waals surface area contributed by atoms with E-state index < -0.39 is 5.97 Å². The number of hydrogen-bond acceptors (Lipinski definition) is 14. The van der Waals surface area contributed by atoms with Crippen molar-refractivity contribution in [3.8, 4) is 11.4 Å². The van der Waals surface area contributed by atoms with E-state index in [1.807, 2.05) is 24.3 Å². The number of benzene rings is 1. The van der Waals surface area contributed by atoms with E-state index >= 15 is 0 Å². The third kappa shape index (κ3) is 6.93. The summed E-state index contributed by atoms with van der Waals surface area (Å²) in [6.45, 7) is 9.09. The van der Waals surface area contributed by atoms with Crippen molar-refractivity contribution in [2.75, 3.05) is 56.3 Å². The number of anilines is 3. The molecule has 1 aromatic carbocycles. The predicted molar refractivity (Wildman–Crippen MR) is 149 cm³/mol. The third-order valence-electron chi connectivity index (χ3n) is 6.11. The van der Waals surface area contributed by atoms with Crippen LogP contribution in [-0.2, 0) is 16.0 Å². The Morgan fingerprint density at radius 2 is 2.02 bits per heavy atom. The van der Waals surface area contributed by atoms with Gasteiger partial charge >= 0.3 is 5.97 Å². The standard InChI is InChI=1S/C25H31N11O3S/c1-3-39-23(37)21-17(2)29-25(40-21)36(28-10-11-35-12-14-38-15-13-35)24-26-9-8-20(30-24)27-16-18-4-6-19(7-5-18)22-31-33-34-32-22/h4-9,28H,3,10-16H2,1-2H3,(H,26,27,30)(H,31,32,33,34). The molecule has 3 aromatic heterocycles. The molecule has 4 aromatic rings. The van der Waals surface area contributed by atoms with Crippen molar-refractivity contribution in [3.05, 3.63) is 52.7 Å². The predicted octanol–water partition coefficient (Wildman–Crippen LogP) is 2.19. The van der Waals surface area contributed by atoms with Crippen LogP contribution in [0.15, 0.2) is 36.5 Å². The van der Waals surface area contributed by atoms with Crippen molar-refractivity contribution in [2.45, 2.75) is 20.4 Å². The number of morpholine rings is 1. The number of aromatic amines is 1. The van der Waals surface area contributed by atoms with Crippen LogP contribution in [0.1, 0.15) is 27.9 Å². The number of rotatable bonds is 12. The zero-order valence-corrected chi connectivity index (χ0v) is 23.1. The molecule has 40 heavy (non-hydrogen) atoms. The number of aryl methyl sites for hydroxylation is 1. The van der Waals surface area contributed by atoms with Gasteiger partial charge in [0, 0.05) is 44.5 Å². The molecule has 0 unspecified atom stereocenters. The minimum atomic E-state index is -0.390. The van der Waals surface area contributed by atoms with E-state index in [4.69, 9.17) is 14.5 Å². The number of thiazole rings is 1. The number of esters is 1. The molecule has 0 saturated carbocycles. The summed E-state index contributed by atoms with van der Waals surface area (Å²) in [7, 11) is 0. The van der Waals surface area contributed by atoms with E-state index in [9.17, 15) is 4.79 Å². The minimum Gasteiger partial charge on any atom is -0.462 e. The average Bonchev–Trinajstić information content (AvgIpc) is 3.66. The highest BCUT2D eigenvalue weighted by molar-refractivity contribution is 7.17. The number of hydrazine groups is 1. The molecular weight excluding hydrogens is 534 g/mol. The van der Waals surface area contributed by atoms with E-state index in [0.29, 0.717) is 53.0 Å². The van der Waals surface area contributed by atoms with Crippen LogP contribution in [0.5, 0.6) is 0 Å². The summed E-state index contributed by atoms with van der Waals surface area (Å²) < 4.78 is 10.7. The van der Waals surface area contributed by atoms with Crippen molar-refractivity contribution in [1.29, 1.82) is 0 Å². The first-order valence-electron chi connectivity index (χ1n) is 13.0. The summed E-state index contributed by atoms with van der Waals surface area (Å²) in [6.07, 6.45) is 1.69. The Hall–Kier alpha value is -4.05. The summed E-state index contributed by atoms with van der Waals surface area (Å²) in [6, 6.07) is 9.68. The molecule has 5 rings (SSSR count). The molecule has 3 N–H and O–H groups in total. The van der Waals surface area contributed by atoms with Gasteiger partial charge in [0.25, 0.3) is 0 Å². The van der Waals surface area contributed by atoms with Gasteiger partial charge in [0.1, 0.15) is 10.7 Å². The van der Waals surface area contributed by atoms with Crippen molar-refractivity contribution < 1.29 is 14.3 Å². The smallest absolute Gasteiger partial charge is 0.350 e. The van der Waals surface area contributed by atoms with Crippen LogP contribution in [0.3, 0.4) is 0 Å². The zero-order chi connectivity index (χ0) is 27.7. The third-order valence-corrected chi connectivity index (χ3v) is 7.24. The first kappa shape index (κ1) is 27.5. The zero-order valence-electron chi connectivity index (χ0n) is 22.3. The van der Waals surface area contributed by atoms with Gasteiger partial charge in [-0.05, 0) is 30.7 Å². The van der Waals surface area contributed by atoms with Gasteiger partial charge in [-0.3, -0.25) is 4.90 Å². The Morgan fingerprint density at radius 1 is 1.20 bits per heavy atom. The Bertz CT molecular complexity index is 1380. The number of carbonyl (C=O) groups excluding carboxylic acids is 1. The number of tetrazole rings is 1. The van der Waals surface area contributed by atoms with Gasteiger partial charge < -0.3 is 14.8 Å². The fourth-order valence-electron chi connectivity index (χ4n) is 4.04. The van der Waals surface area contributed by atoms with Crippen molar-refractivity contribution >= 4 is 34.2 Å². The fraction of sp³-hybridized carbons (Fsp3) is 0.400. The lowest BCUT2D eigenvalue weighted by atomic mass is 10.1. The number of nitrogens with one attached hydrogen (secondary N) is 3. The lowest BCUT2D eigenvalue weighted by molar-refractivity contribution is 0.0384. The van der Waals surface area contributed by atoms with Gasteiger partial charge in [-0.2, -0.15) is 10.2 Å². The molecule has 0 aliphatic carbocycles. The largest absolute Gasteiger partial charge is 0.462 e. The molecule has 210 valence electrons. The number of carbonyl (C=O) groups is 1. The van der Waals surface area contributed by atoms with Crippen LogP contribution in [0.25, 0.3) is 11.4 Å². The summed E-state index contributed by atoms with van der Waals surface area (Å²) in [5.41, 5.74) is 5.93. The normalized spacial score (nSPS) is 13.8. The van der Waals surface area contributed by atoms with E-state index in [1.165, 1.54) is 11.3 Å². The van der Waals surface area contributed by atoms with Gasteiger partial charge in [0.2, 0.25) is 16.9 Å². The minimum absolute atomic E-state index is 0.295. The van der Waals surface area contributed by atoms with Crippen LogP contribution in [-0.4, -0.2) is 92.4 Å². The van der Waals surface area contributed by atoms with E-state index in [2.05, 4.69) is 46.2 Å². The molecule has 1 fully saturated rings. The average molecular weight is 566 g/mol. The first-order chi connectivity index (χ1) is 19.6. The second-order valence-corrected chi connectivity index (χ2v) is 9.83. The molecule has 1 aliphatic heterocycles. The fourth-order valence-corrected chi connectivity index (χ4v) is 4.97. The number of hydrogen-bond donors (Lipinski definition) is 3. The van der Waals surface area contributed by atoms with Crippen molar-refractivity contribution in [1.82, 2.24) is 45.9 Å². The summed E-state index contributed by atoms with van der Waals surface area (Å²) in [4.78, 5) is 29.1. The Morgan fingerprint density at radius 3 is 2.77 bits per heavy atom. The van der Waals surface area contributed by atoms with E-state index in [-0.39, 0.29) is 0 Å². The molecular formula is C25H31N11O3S. The van der Waals surface area contributed by atoms with Crippen LogP contribution in [0.4, 0.5) is 16.9 Å². The second kappa shape index (κ2) is 13.3. The molecule has 0 radical (unpaired) electrons. The van der Waals surface area contributed by atoms with Crippen LogP contribution < -0.4 is 15.8 Å². The topological polar surface area (TPSA) is 159 Å². The number of aromatic nitrogens is 7. The number of H-pyrrole nitrogens is 1. The molecule has 0 atom stereocenters. The number of nitrogens with zero attached hydrogens (tertiary/aromatic N) is 8. The number of ether oxygens (including phenoxy) is 2. The molecule has 14 nitrogen and oxygen atoms in total. The van der Waals surface area contributed by atoms with E-state index in [1.54, 1.807) is 31.1 Å². The molecule has 0 spiro atoms. The highest BCUT2D eigenvalue weighted by Crippen LogP contribution is 2.29. The SMILES string of the molecule is CCOC(=O)c1sc(N(NCCN2CCOCC2)c2nccc(NCc3ccc(-c4nn[nH]n4)cc3)n2)nc1C. The van der Waals surface area contributed by atoms with Gasteiger partial charge in [-0.25, -0.2) is 25.2 Å². The maximum atomic E-state index is 12.5. The summed E-state index contributed by atoms with van der Waals surface area (Å²) >= 11 is 1.24. The molecule has 0 amide bonds. The van der Waals surface area contributed by atoms with Gasteiger partial charge in [-0.15, -0.1) is 10.2 Å². The Balaban J connectivity index is 1.30. The van der Waals surface area contributed by atoms with Gasteiger partial charge in [-0.1, -0.05) is 35.6 Å². The van der Waals surface area contributed by atoms with E-state index in [0.717, 1.165) is 44.0 Å². The lowest BCUT2D eigenvalue weighted by Crippen LogP contribution is -2.44. The Kier molecular flexibility index (Phi) is 9.18. The van der Waals surface area contributed by atoms with Crippen LogP contribution in [0.2, 0.25) is 0 Å². The summed E-state index contributed by atoms with van der Waals surface area (Å²) in [5.74, 6) is 1.21. The maximum absolute atomic E-state index is 12.5. The van der Waals surface area contributed by atoms with Crippen LogP contribution >= 0.6 is 11.3 Å². The molecule has 0 bridgehead atoms. The highest BCUT2D eigenvalue weighted by Gasteiger charge is 2.23. The van der Waals surface area contributed by atoms with Crippen LogP contribution in [0, 0.1) is 6.92 Å². The molecule has 1 aliphatic rings. The van der Waals surface area contributed by atoms with Gasteiger partial charge in [0.15, 0.2) is 0 Å². The van der Waals surface area contributed by atoms with Crippen molar-refractivity contribution in [2.24, 2.45) is 0 Å². The quantitative estimate of drug-likeness (QED) is 0.170. The molecule has 4 heterocycles. The molecule has 1 saturated heterocycles.